The molecule has 0 saturated carbocycles. The Hall–Kier alpha value is -4.53. The summed E-state index contributed by atoms with van der Waals surface area (Å²) < 4.78 is 97.1. The molecule has 3 aromatic carbocycles. The van der Waals surface area contributed by atoms with Gasteiger partial charge in [-0.15, -0.1) is 0 Å². The van der Waals surface area contributed by atoms with Gasteiger partial charge in [0.1, 0.15) is 4.90 Å². The summed E-state index contributed by atoms with van der Waals surface area (Å²) in [7, 11) is -13.4. The molecule has 0 aliphatic heterocycles. The number of rotatable bonds is 11. The van der Waals surface area contributed by atoms with Gasteiger partial charge in [-0.2, -0.15) is 21.8 Å². The van der Waals surface area contributed by atoms with E-state index >= 15 is 0 Å². The average molecular weight is 679 g/mol. The maximum atomic E-state index is 13.5. The number of nitrogen functional groups attached to an aromatic ring is 1. The lowest BCUT2D eigenvalue weighted by molar-refractivity contribution is 0.0980. The van der Waals surface area contributed by atoms with E-state index in [2.05, 4.69) is 19.6 Å². The van der Waals surface area contributed by atoms with E-state index in [-0.39, 0.29) is 46.1 Å². The maximum absolute atomic E-state index is 13.5. The molecule has 16 nitrogen and oxygen atoms in total. The fourth-order valence-corrected chi connectivity index (χ4v) is 6.63. The number of sulfone groups is 1. The van der Waals surface area contributed by atoms with Crippen LogP contribution in [0, 0.1) is 0 Å². The van der Waals surface area contributed by atoms with Gasteiger partial charge in [0.05, 0.1) is 40.6 Å². The SMILES string of the molecule is Nc1c(S(=O)(=O)O)cc(Nc2ccc(-c3nc(CCS(=O)(=O)CCOS(=O)(=O)O)no3)cc2)c2c1C(=O)c1ccccc1C2=O. The minimum absolute atomic E-state index is 0.0274. The van der Waals surface area contributed by atoms with E-state index < -0.39 is 70.6 Å². The zero-order valence-corrected chi connectivity index (χ0v) is 25.1. The second kappa shape index (κ2) is 11.8. The van der Waals surface area contributed by atoms with Crippen LogP contribution in [0.5, 0.6) is 0 Å². The van der Waals surface area contributed by atoms with E-state index in [9.17, 15) is 39.4 Å². The fourth-order valence-electron chi connectivity index (χ4n) is 4.55. The number of ketones is 2. The van der Waals surface area contributed by atoms with Crippen molar-refractivity contribution in [3.05, 3.63) is 82.7 Å². The van der Waals surface area contributed by atoms with Crippen molar-refractivity contribution in [1.29, 1.82) is 0 Å². The van der Waals surface area contributed by atoms with E-state index in [4.69, 9.17) is 14.8 Å². The summed E-state index contributed by atoms with van der Waals surface area (Å²) in [6, 6.07) is 13.0. The van der Waals surface area contributed by atoms with Crippen molar-refractivity contribution < 1.29 is 52.7 Å². The molecule has 1 aliphatic carbocycles. The van der Waals surface area contributed by atoms with Crippen LogP contribution in [-0.2, 0) is 41.0 Å². The Labute approximate surface area is 255 Å². The Kier molecular flexibility index (Phi) is 8.33. The Balaban J connectivity index is 1.37. The number of carbonyl (C=O) groups excluding carboxylic acids is 2. The summed E-state index contributed by atoms with van der Waals surface area (Å²) in [6.45, 7) is -0.757. The molecule has 1 heterocycles. The normalized spacial score (nSPS) is 13.4. The lowest BCUT2D eigenvalue weighted by Gasteiger charge is -2.23. The number of anilines is 3. The molecule has 0 atom stereocenters. The highest BCUT2D eigenvalue weighted by Crippen LogP contribution is 2.40. The number of hydrogen-bond donors (Lipinski definition) is 4. The van der Waals surface area contributed by atoms with E-state index in [1.165, 1.54) is 36.4 Å². The summed E-state index contributed by atoms with van der Waals surface area (Å²) in [5.74, 6) is -2.32. The van der Waals surface area contributed by atoms with Gasteiger partial charge in [0.25, 0.3) is 16.0 Å². The molecule has 0 bridgehead atoms. The largest absolute Gasteiger partial charge is 0.397 e. The zero-order chi connectivity index (χ0) is 32.7. The zero-order valence-electron chi connectivity index (χ0n) is 22.7. The van der Waals surface area contributed by atoms with Gasteiger partial charge in [-0.1, -0.05) is 29.4 Å². The number of hydrogen-bond acceptors (Lipinski definition) is 14. The lowest BCUT2D eigenvalue weighted by Crippen LogP contribution is -2.25. The summed E-state index contributed by atoms with van der Waals surface area (Å²) in [5, 5.41) is 6.63. The highest BCUT2D eigenvalue weighted by Gasteiger charge is 2.36. The smallest absolute Gasteiger partial charge is 0.397 e. The lowest BCUT2D eigenvalue weighted by atomic mass is 9.82. The third kappa shape index (κ3) is 6.92. The van der Waals surface area contributed by atoms with Crippen LogP contribution in [0.3, 0.4) is 0 Å². The molecule has 5 rings (SSSR count). The molecule has 19 heteroatoms. The Morgan fingerprint density at radius 2 is 1.49 bits per heavy atom. The summed E-state index contributed by atoms with van der Waals surface area (Å²) in [5.41, 5.74) is 5.66. The van der Waals surface area contributed by atoms with Crippen LogP contribution < -0.4 is 11.1 Å². The molecule has 45 heavy (non-hydrogen) atoms. The minimum Gasteiger partial charge on any atom is -0.397 e. The predicted molar refractivity (Wildman–Crippen MR) is 157 cm³/mol. The highest BCUT2D eigenvalue weighted by atomic mass is 32.3. The molecule has 4 aromatic rings. The highest BCUT2D eigenvalue weighted by molar-refractivity contribution is 7.91. The van der Waals surface area contributed by atoms with E-state index in [0.29, 0.717) is 11.3 Å². The standard InChI is InChI=1S/C26H22N4O12S3/c27-23-19(44(35,36)37)13-18(21-22(23)25(32)17-4-2-1-3-16(17)24(21)31)28-15-7-5-14(6-8-15)26-29-20(30-42-26)9-11-43(33,34)12-10-41-45(38,39)40/h1-8,13,28H,9-12,27H2,(H,35,36,37)(H,38,39,40). The number of nitrogens with one attached hydrogen (secondary N) is 1. The third-order valence-corrected chi connectivity index (χ3v) is 9.59. The predicted octanol–water partition coefficient (Wildman–Crippen LogP) is 1.86. The molecule has 0 fully saturated rings. The van der Waals surface area contributed by atoms with E-state index in [1.54, 1.807) is 12.1 Å². The molecule has 1 aliphatic rings. The molecule has 0 radical (unpaired) electrons. The monoisotopic (exact) mass is 678 g/mol. The number of aromatic nitrogens is 2. The van der Waals surface area contributed by atoms with Gasteiger partial charge in [0.15, 0.2) is 27.2 Å². The first-order valence-corrected chi connectivity index (χ1v) is 17.3. The number of benzene rings is 3. The van der Waals surface area contributed by atoms with Crippen LogP contribution >= 0.6 is 0 Å². The molecular weight excluding hydrogens is 657 g/mol. The van der Waals surface area contributed by atoms with Crippen molar-refractivity contribution in [2.24, 2.45) is 0 Å². The molecule has 0 unspecified atom stereocenters. The van der Waals surface area contributed by atoms with Crippen molar-refractivity contribution >= 4 is 59.0 Å². The topological polar surface area (TPSA) is 263 Å². The second-order valence-corrected chi connectivity index (χ2v) is 14.4. The van der Waals surface area contributed by atoms with Crippen molar-refractivity contribution in [2.45, 2.75) is 11.3 Å². The second-order valence-electron chi connectivity index (χ2n) is 9.63. The van der Waals surface area contributed by atoms with Gasteiger partial charge in [-0.3, -0.25) is 18.7 Å². The van der Waals surface area contributed by atoms with Gasteiger partial charge in [0, 0.05) is 28.8 Å². The van der Waals surface area contributed by atoms with Gasteiger partial charge < -0.3 is 15.6 Å². The van der Waals surface area contributed by atoms with Gasteiger partial charge >= 0.3 is 10.4 Å². The number of carbonyl (C=O) groups is 2. The van der Waals surface area contributed by atoms with Crippen LogP contribution in [0.1, 0.15) is 37.7 Å². The number of nitrogens with zero attached hydrogens (tertiary/aromatic N) is 2. The summed E-state index contributed by atoms with van der Waals surface area (Å²) >= 11 is 0. The number of fused-ring (bicyclic) bond motifs is 2. The fraction of sp³-hybridized carbons (Fsp3) is 0.154. The van der Waals surface area contributed by atoms with Gasteiger partial charge in [-0.05, 0) is 30.3 Å². The Bertz CT molecular complexity index is 2180. The maximum Gasteiger partial charge on any atom is 0.397 e. The average Bonchev–Trinajstić information content (AvgIpc) is 3.44. The summed E-state index contributed by atoms with van der Waals surface area (Å²) in [4.78, 5) is 30.2. The summed E-state index contributed by atoms with van der Waals surface area (Å²) in [6.07, 6.45) is -0.161. The molecular formula is C26H22N4O12S3. The van der Waals surface area contributed by atoms with Crippen molar-refractivity contribution in [3.63, 3.8) is 0 Å². The molecule has 236 valence electrons. The van der Waals surface area contributed by atoms with Gasteiger partial charge in [0.2, 0.25) is 0 Å². The molecule has 0 saturated heterocycles. The van der Waals surface area contributed by atoms with Crippen LogP contribution in [0.25, 0.3) is 11.5 Å². The Morgan fingerprint density at radius 3 is 2.09 bits per heavy atom. The van der Waals surface area contributed by atoms with Crippen molar-refractivity contribution in [2.75, 3.05) is 29.2 Å². The van der Waals surface area contributed by atoms with Crippen LogP contribution in [-0.4, -0.2) is 74.2 Å². The number of aryl methyl sites for hydroxylation is 1. The first-order valence-electron chi connectivity index (χ1n) is 12.7. The van der Waals surface area contributed by atoms with Crippen LogP contribution in [0.4, 0.5) is 17.1 Å². The number of nitrogens with two attached hydrogens (primary N) is 1. The minimum atomic E-state index is -4.90. The molecule has 0 spiro atoms. The quantitative estimate of drug-likeness (QED) is 0.115. The van der Waals surface area contributed by atoms with Crippen LogP contribution in [0.2, 0.25) is 0 Å². The van der Waals surface area contributed by atoms with E-state index in [0.717, 1.165) is 6.07 Å². The first kappa shape index (κ1) is 31.9. The van der Waals surface area contributed by atoms with Crippen LogP contribution in [0.15, 0.2) is 64.0 Å². The molecule has 0 amide bonds. The molecule has 1 aromatic heterocycles. The van der Waals surface area contributed by atoms with Gasteiger partial charge in [-0.25, -0.2) is 12.6 Å². The Morgan fingerprint density at radius 1 is 0.867 bits per heavy atom. The third-order valence-electron chi connectivity index (χ3n) is 6.62. The van der Waals surface area contributed by atoms with Crippen molar-refractivity contribution in [1.82, 2.24) is 10.1 Å². The first-order chi connectivity index (χ1) is 21.0. The van der Waals surface area contributed by atoms with E-state index in [1.807, 2.05) is 0 Å². The van der Waals surface area contributed by atoms with Crippen molar-refractivity contribution in [3.8, 4) is 11.5 Å². The molecule has 5 N–H and O–H groups in total.